The highest BCUT2D eigenvalue weighted by molar-refractivity contribution is 6.04. The van der Waals surface area contributed by atoms with Crippen molar-refractivity contribution in [3.63, 3.8) is 0 Å². The topological polar surface area (TPSA) is 124 Å². The van der Waals surface area contributed by atoms with Crippen molar-refractivity contribution in [1.82, 2.24) is 25.2 Å². The van der Waals surface area contributed by atoms with Crippen LogP contribution in [0.4, 0.5) is 18.0 Å². The van der Waals surface area contributed by atoms with Gasteiger partial charge in [-0.25, -0.2) is 14.3 Å². The van der Waals surface area contributed by atoms with E-state index >= 15 is 0 Å². The van der Waals surface area contributed by atoms with E-state index in [0.717, 1.165) is 38.4 Å². The van der Waals surface area contributed by atoms with Crippen molar-refractivity contribution in [3.05, 3.63) is 65.6 Å². The zero-order valence-electron chi connectivity index (χ0n) is 23.5. The Bertz CT molecular complexity index is 1510. The lowest BCUT2D eigenvalue weighted by Gasteiger charge is -2.26. The fourth-order valence-corrected chi connectivity index (χ4v) is 6.23. The number of carbonyl (C=O) groups is 3. The number of hydrogen-bond acceptors (Lipinski definition) is 7. The van der Waals surface area contributed by atoms with Gasteiger partial charge in [-0.2, -0.15) is 18.3 Å². The highest BCUT2D eigenvalue weighted by atomic mass is 19.4. The average molecular weight is 600 g/mol. The van der Waals surface area contributed by atoms with Crippen LogP contribution in [0.25, 0.3) is 5.65 Å². The smallest absolute Gasteiger partial charge is 0.408 e. The molecule has 228 valence electrons. The number of methoxy groups -OCH3 is 1. The molecule has 3 heterocycles. The van der Waals surface area contributed by atoms with Gasteiger partial charge in [0.25, 0.3) is 0 Å². The van der Waals surface area contributed by atoms with Crippen LogP contribution in [-0.4, -0.2) is 51.9 Å². The van der Waals surface area contributed by atoms with Gasteiger partial charge in [0.1, 0.15) is 12.6 Å². The van der Waals surface area contributed by atoms with Crippen LogP contribution in [0.5, 0.6) is 0 Å². The lowest BCUT2D eigenvalue weighted by molar-refractivity contribution is -0.160. The fourth-order valence-electron chi connectivity index (χ4n) is 6.23. The van der Waals surface area contributed by atoms with Crippen molar-refractivity contribution in [2.75, 3.05) is 7.11 Å². The van der Waals surface area contributed by atoms with E-state index in [0.29, 0.717) is 23.2 Å². The summed E-state index contributed by atoms with van der Waals surface area (Å²) in [6.07, 6.45) is -0.481. The Labute approximate surface area is 245 Å². The Morgan fingerprint density at radius 3 is 2.42 bits per heavy atom. The van der Waals surface area contributed by atoms with Crippen LogP contribution >= 0.6 is 0 Å². The van der Waals surface area contributed by atoms with E-state index in [-0.39, 0.29) is 24.6 Å². The quantitative estimate of drug-likeness (QED) is 0.263. The third-order valence-electron chi connectivity index (χ3n) is 8.66. The van der Waals surface area contributed by atoms with Crippen molar-refractivity contribution < 1.29 is 37.0 Å². The first-order chi connectivity index (χ1) is 20.6. The molecular weight excluding hydrogens is 567 g/mol. The first-order valence-corrected chi connectivity index (χ1v) is 14.4. The van der Waals surface area contributed by atoms with Gasteiger partial charge in [0.05, 0.1) is 30.7 Å². The minimum atomic E-state index is -4.72. The second-order valence-electron chi connectivity index (χ2n) is 11.8. The molecule has 1 aliphatic heterocycles. The maximum Gasteiger partial charge on any atom is 0.408 e. The second kappa shape index (κ2) is 11.2. The molecule has 1 unspecified atom stereocenters. The molecule has 2 saturated carbocycles. The third-order valence-corrected chi connectivity index (χ3v) is 8.66. The maximum absolute atomic E-state index is 13.4. The van der Waals surface area contributed by atoms with Crippen molar-refractivity contribution >= 4 is 23.6 Å². The zero-order chi connectivity index (χ0) is 30.4. The van der Waals surface area contributed by atoms with Gasteiger partial charge in [-0.05, 0) is 61.1 Å². The van der Waals surface area contributed by atoms with Gasteiger partial charge in [-0.15, -0.1) is 0 Å². The largest absolute Gasteiger partial charge is 0.468 e. The number of imidazole rings is 1. The standard InChI is InChI=1S/C30H32F3N5O5/c1-42-27(40)29(14-22(30(31,32)33)35-26(29)39)13-20-11-12-23-34-21(15-38(23)37-20)25(24(18-7-8-18)19-9-10-19)36-28(41)43-16-17-5-3-2-4-6-17/h2-6,11-12,15,18-19,22,24-25H,7-10,13-14,16H2,1H3,(H,35,39)(H,36,41)/t22-,25+,29?/m0/s1. The molecule has 3 atom stereocenters. The van der Waals surface area contributed by atoms with Gasteiger partial charge in [-0.3, -0.25) is 9.59 Å². The molecule has 13 heteroatoms. The number of amides is 2. The van der Waals surface area contributed by atoms with Crippen LogP contribution in [0, 0.1) is 23.2 Å². The normalized spacial score (nSPS) is 22.8. The van der Waals surface area contributed by atoms with Crippen molar-refractivity contribution in [2.24, 2.45) is 23.2 Å². The number of esters is 1. The summed E-state index contributed by atoms with van der Waals surface area (Å²) >= 11 is 0. The molecule has 3 aliphatic rings. The summed E-state index contributed by atoms with van der Waals surface area (Å²) < 4.78 is 52.1. The number of alkyl carbamates (subject to hydrolysis) is 1. The number of halogens is 3. The van der Waals surface area contributed by atoms with Gasteiger partial charge >= 0.3 is 18.2 Å². The Hall–Kier alpha value is -4.16. The number of alkyl halides is 3. The van der Waals surface area contributed by atoms with E-state index in [1.807, 2.05) is 35.6 Å². The highest BCUT2D eigenvalue weighted by Crippen LogP contribution is 2.54. The summed E-state index contributed by atoms with van der Waals surface area (Å²) in [5.74, 6) is -1.01. The number of rotatable bonds is 10. The molecule has 0 bridgehead atoms. The van der Waals surface area contributed by atoms with Gasteiger partial charge in [0, 0.05) is 12.8 Å². The van der Waals surface area contributed by atoms with Crippen LogP contribution in [0.3, 0.4) is 0 Å². The summed E-state index contributed by atoms with van der Waals surface area (Å²) in [5, 5.41) is 9.45. The second-order valence-corrected chi connectivity index (χ2v) is 11.8. The molecule has 3 aromatic rings. The highest BCUT2D eigenvalue weighted by Gasteiger charge is 2.60. The third kappa shape index (κ3) is 6.02. The van der Waals surface area contributed by atoms with Crippen LogP contribution in [0.15, 0.2) is 48.7 Å². The predicted molar refractivity (Wildman–Crippen MR) is 145 cm³/mol. The number of aromatic nitrogens is 3. The van der Waals surface area contributed by atoms with Gasteiger partial charge in [0.2, 0.25) is 5.91 Å². The lowest BCUT2D eigenvalue weighted by atomic mass is 9.80. The summed E-state index contributed by atoms with van der Waals surface area (Å²) in [5.41, 5.74) is 0.0388. The minimum absolute atomic E-state index is 0.123. The van der Waals surface area contributed by atoms with Crippen LogP contribution in [-0.2, 0) is 32.1 Å². The molecule has 1 saturated heterocycles. The molecule has 2 amide bonds. The van der Waals surface area contributed by atoms with E-state index in [1.165, 1.54) is 10.6 Å². The number of nitrogens with one attached hydrogen (secondary N) is 2. The molecular formula is C30H32F3N5O5. The average Bonchev–Trinajstić information content (AvgIpc) is 3.92. The van der Waals surface area contributed by atoms with Gasteiger partial charge < -0.3 is 20.1 Å². The van der Waals surface area contributed by atoms with Gasteiger partial charge in [-0.1, -0.05) is 30.3 Å². The SMILES string of the molecule is COC(=O)C1(Cc2ccc3nc([C@@H](NC(=O)OCc4ccccc4)C(C4CC4)C4CC4)cn3n2)C[C@@H](C(F)(F)F)NC1=O. The van der Waals surface area contributed by atoms with Gasteiger partial charge in [0.15, 0.2) is 11.1 Å². The van der Waals surface area contributed by atoms with E-state index in [4.69, 9.17) is 14.5 Å². The monoisotopic (exact) mass is 599 g/mol. The number of fused-ring (bicyclic) bond motifs is 1. The van der Waals surface area contributed by atoms with Crippen molar-refractivity contribution in [3.8, 4) is 0 Å². The summed E-state index contributed by atoms with van der Waals surface area (Å²) in [4.78, 5) is 43.2. The van der Waals surface area contributed by atoms with E-state index < -0.39 is 48.1 Å². The first kappa shape index (κ1) is 28.9. The van der Waals surface area contributed by atoms with E-state index in [1.54, 1.807) is 12.3 Å². The first-order valence-electron chi connectivity index (χ1n) is 14.4. The molecule has 0 radical (unpaired) electrons. The molecule has 6 rings (SSSR count). The molecule has 10 nitrogen and oxygen atoms in total. The maximum atomic E-state index is 13.4. The van der Waals surface area contributed by atoms with Crippen LogP contribution < -0.4 is 10.6 Å². The Balaban J connectivity index is 1.26. The summed E-state index contributed by atoms with van der Waals surface area (Å²) in [6.45, 7) is 0.123. The molecule has 1 aromatic carbocycles. The van der Waals surface area contributed by atoms with Crippen molar-refractivity contribution in [2.45, 2.75) is 63.4 Å². The zero-order valence-corrected chi connectivity index (χ0v) is 23.5. The fraction of sp³-hybridized carbons (Fsp3) is 0.500. The number of hydrogen-bond donors (Lipinski definition) is 2. The molecule has 2 N–H and O–H groups in total. The number of nitrogens with zero attached hydrogens (tertiary/aromatic N) is 3. The molecule has 3 fully saturated rings. The van der Waals surface area contributed by atoms with E-state index in [2.05, 4.69) is 10.4 Å². The number of benzene rings is 1. The van der Waals surface area contributed by atoms with Crippen LogP contribution in [0.1, 0.15) is 55.1 Å². The minimum Gasteiger partial charge on any atom is -0.468 e. The Morgan fingerprint density at radius 2 is 1.81 bits per heavy atom. The van der Waals surface area contributed by atoms with Crippen molar-refractivity contribution in [1.29, 1.82) is 0 Å². The molecule has 43 heavy (non-hydrogen) atoms. The van der Waals surface area contributed by atoms with Crippen LogP contribution in [0.2, 0.25) is 0 Å². The van der Waals surface area contributed by atoms with E-state index in [9.17, 15) is 27.6 Å². The molecule has 2 aliphatic carbocycles. The lowest BCUT2D eigenvalue weighted by Crippen LogP contribution is -2.42. The Morgan fingerprint density at radius 1 is 1.12 bits per heavy atom. The summed E-state index contributed by atoms with van der Waals surface area (Å²) in [7, 11) is 1.03. The molecule has 2 aromatic heterocycles. The summed E-state index contributed by atoms with van der Waals surface area (Å²) in [6, 6.07) is 9.92. The number of carbonyl (C=O) groups excluding carboxylic acids is 3. The Kier molecular flexibility index (Phi) is 7.51. The molecule has 0 spiro atoms. The predicted octanol–water partition coefficient (Wildman–Crippen LogP) is 4.29. The number of ether oxygens (including phenoxy) is 2.